The molecule has 1 aliphatic heterocycles. The lowest BCUT2D eigenvalue weighted by molar-refractivity contribution is 0.187. The van der Waals surface area contributed by atoms with Crippen LogP contribution in [0.1, 0.15) is 35.6 Å². The highest BCUT2D eigenvalue weighted by Gasteiger charge is 2.46. The third-order valence-electron chi connectivity index (χ3n) is 7.41. The van der Waals surface area contributed by atoms with Gasteiger partial charge in [-0.25, -0.2) is 9.97 Å². The van der Waals surface area contributed by atoms with Gasteiger partial charge in [-0.3, -0.25) is 9.38 Å². The molecule has 4 aromatic rings. The average Bonchev–Trinajstić information content (AvgIpc) is 3.36. The fourth-order valence-corrected chi connectivity index (χ4v) is 5.73. The molecule has 1 fully saturated rings. The zero-order valence-corrected chi connectivity index (χ0v) is 18.8. The Hall–Kier alpha value is -2.96. The van der Waals surface area contributed by atoms with E-state index < -0.39 is 0 Å². The zero-order chi connectivity index (χ0) is 21.9. The maximum absolute atomic E-state index is 6.72. The summed E-state index contributed by atoms with van der Waals surface area (Å²) in [6.45, 7) is 3.86. The Morgan fingerprint density at radius 3 is 2.75 bits per heavy atom. The number of piperidine rings is 1. The molecule has 2 N–H and O–H groups in total. The van der Waals surface area contributed by atoms with E-state index in [1.54, 1.807) is 0 Å². The van der Waals surface area contributed by atoms with Gasteiger partial charge in [0.2, 0.25) is 0 Å². The molecule has 162 valence electrons. The van der Waals surface area contributed by atoms with Crippen LogP contribution in [0.4, 0.5) is 5.82 Å². The molecule has 1 unspecified atom stereocenters. The number of halogens is 1. The number of hydrogen-bond donors (Lipinski definition) is 1. The molecule has 0 amide bonds. The number of pyridine rings is 1. The maximum Gasteiger partial charge on any atom is 0.154 e. The van der Waals surface area contributed by atoms with E-state index in [4.69, 9.17) is 27.3 Å². The number of nitrogens with two attached hydrogens (primary N) is 1. The van der Waals surface area contributed by atoms with Crippen LogP contribution in [0.5, 0.6) is 0 Å². The van der Waals surface area contributed by atoms with Gasteiger partial charge in [0.05, 0.1) is 11.2 Å². The lowest BCUT2D eigenvalue weighted by atomic mass is 9.73. The van der Waals surface area contributed by atoms with Crippen molar-refractivity contribution >= 4 is 22.9 Å². The van der Waals surface area contributed by atoms with E-state index in [0.717, 1.165) is 65.7 Å². The van der Waals surface area contributed by atoms with E-state index in [1.165, 1.54) is 11.1 Å². The molecule has 0 radical (unpaired) electrons. The molecule has 7 heteroatoms. The molecule has 0 bridgehead atoms. The van der Waals surface area contributed by atoms with Gasteiger partial charge in [0.1, 0.15) is 11.3 Å². The van der Waals surface area contributed by atoms with Crippen molar-refractivity contribution in [3.8, 4) is 11.4 Å². The minimum Gasteiger partial charge on any atom is -0.355 e. The summed E-state index contributed by atoms with van der Waals surface area (Å²) < 4.78 is 2.09. The SMILES string of the molecule is Cc1cccc(-c2ncc3c(N4CCC5(CC4)Cc4ccncc4C5N)nccn23)c1Cl. The lowest BCUT2D eigenvalue weighted by Crippen LogP contribution is -2.44. The summed E-state index contributed by atoms with van der Waals surface area (Å²) in [5, 5.41) is 0.738. The second-order valence-electron chi connectivity index (χ2n) is 9.10. The molecular formula is C25H25ClN6. The van der Waals surface area contributed by atoms with Crippen molar-refractivity contribution in [1.29, 1.82) is 0 Å². The van der Waals surface area contributed by atoms with Gasteiger partial charge in [-0.2, -0.15) is 0 Å². The Kier molecular flexibility index (Phi) is 4.49. The summed E-state index contributed by atoms with van der Waals surface area (Å²) in [6.07, 6.45) is 12.7. The standard InChI is InChI=1S/C25H25ClN6/c1-16-3-2-4-18(21(16)26)23-30-15-20-24(29-9-12-32(20)23)31-10-6-25(7-11-31)13-17-5-8-28-14-19(17)22(25)27/h2-5,8-9,12,14-15,22H,6-7,10-11,13,27H2,1H3. The van der Waals surface area contributed by atoms with Crippen LogP contribution in [0, 0.1) is 12.3 Å². The number of benzene rings is 1. The summed E-state index contributed by atoms with van der Waals surface area (Å²) in [5.74, 6) is 1.81. The summed E-state index contributed by atoms with van der Waals surface area (Å²) in [6, 6.07) is 8.23. The van der Waals surface area contributed by atoms with Gasteiger partial charge in [-0.15, -0.1) is 0 Å². The fraction of sp³-hybridized carbons (Fsp3) is 0.320. The first-order chi connectivity index (χ1) is 15.6. The highest BCUT2D eigenvalue weighted by Crippen LogP contribution is 2.50. The first-order valence-corrected chi connectivity index (χ1v) is 11.5. The van der Waals surface area contributed by atoms with Crippen LogP contribution >= 0.6 is 11.6 Å². The second-order valence-corrected chi connectivity index (χ2v) is 9.48. The van der Waals surface area contributed by atoms with Gasteiger partial charge in [0.25, 0.3) is 0 Å². The lowest BCUT2D eigenvalue weighted by Gasteiger charge is -2.42. The van der Waals surface area contributed by atoms with Crippen molar-refractivity contribution in [1.82, 2.24) is 19.4 Å². The average molecular weight is 445 g/mol. The predicted molar refractivity (Wildman–Crippen MR) is 127 cm³/mol. The summed E-state index contributed by atoms with van der Waals surface area (Å²) in [5.41, 5.74) is 12.4. The van der Waals surface area contributed by atoms with Crippen molar-refractivity contribution in [2.24, 2.45) is 11.1 Å². The summed E-state index contributed by atoms with van der Waals surface area (Å²) >= 11 is 6.60. The quantitative estimate of drug-likeness (QED) is 0.489. The molecule has 1 aromatic carbocycles. The van der Waals surface area contributed by atoms with Crippen LogP contribution in [-0.2, 0) is 6.42 Å². The van der Waals surface area contributed by atoms with Crippen LogP contribution in [0.25, 0.3) is 16.9 Å². The number of imidazole rings is 1. The Morgan fingerprint density at radius 1 is 1.09 bits per heavy atom. The number of fused-ring (bicyclic) bond motifs is 2. The Labute approximate surface area is 192 Å². The molecule has 1 spiro atoms. The predicted octanol–water partition coefficient (Wildman–Crippen LogP) is 4.60. The minimum atomic E-state index is 0.0575. The molecule has 32 heavy (non-hydrogen) atoms. The van der Waals surface area contributed by atoms with Gasteiger partial charge in [-0.05, 0) is 60.4 Å². The first kappa shape index (κ1) is 19.7. The zero-order valence-electron chi connectivity index (χ0n) is 18.0. The normalized spacial score (nSPS) is 19.6. The third-order valence-corrected chi connectivity index (χ3v) is 7.92. The highest BCUT2D eigenvalue weighted by atomic mass is 35.5. The van der Waals surface area contributed by atoms with Crippen molar-refractivity contribution in [2.45, 2.75) is 32.2 Å². The Morgan fingerprint density at radius 2 is 1.94 bits per heavy atom. The monoisotopic (exact) mass is 444 g/mol. The van der Waals surface area contributed by atoms with Crippen molar-refractivity contribution in [2.75, 3.05) is 18.0 Å². The highest BCUT2D eigenvalue weighted by molar-refractivity contribution is 6.34. The molecule has 6 rings (SSSR count). The van der Waals surface area contributed by atoms with Crippen molar-refractivity contribution in [3.63, 3.8) is 0 Å². The van der Waals surface area contributed by atoms with E-state index in [2.05, 4.69) is 20.4 Å². The number of anilines is 1. The number of aromatic nitrogens is 4. The molecule has 1 aliphatic carbocycles. The molecule has 3 aromatic heterocycles. The van der Waals surface area contributed by atoms with Crippen molar-refractivity contribution < 1.29 is 0 Å². The van der Waals surface area contributed by atoms with Gasteiger partial charge in [0, 0.05) is 49.5 Å². The first-order valence-electron chi connectivity index (χ1n) is 11.1. The van der Waals surface area contributed by atoms with Crippen LogP contribution in [0.3, 0.4) is 0 Å². The fourth-order valence-electron chi connectivity index (χ4n) is 5.52. The second kappa shape index (κ2) is 7.29. The minimum absolute atomic E-state index is 0.0575. The molecule has 1 atom stereocenters. The van der Waals surface area contributed by atoms with Crippen molar-refractivity contribution in [3.05, 3.63) is 77.0 Å². The molecule has 2 aliphatic rings. The number of hydrogen-bond acceptors (Lipinski definition) is 5. The topological polar surface area (TPSA) is 72.3 Å². The van der Waals surface area contributed by atoms with E-state index in [0.29, 0.717) is 0 Å². The van der Waals surface area contributed by atoms with E-state index in [1.807, 2.05) is 56.1 Å². The van der Waals surface area contributed by atoms with Crippen LogP contribution in [0.15, 0.2) is 55.2 Å². The van der Waals surface area contributed by atoms with Crippen LogP contribution < -0.4 is 10.6 Å². The maximum atomic E-state index is 6.72. The Balaban J connectivity index is 1.31. The van der Waals surface area contributed by atoms with Crippen LogP contribution in [-0.4, -0.2) is 32.4 Å². The van der Waals surface area contributed by atoms with Gasteiger partial charge in [-0.1, -0.05) is 23.7 Å². The van der Waals surface area contributed by atoms with Gasteiger partial charge < -0.3 is 10.6 Å². The number of aryl methyl sites for hydroxylation is 1. The molecule has 6 nitrogen and oxygen atoms in total. The van der Waals surface area contributed by atoms with E-state index in [9.17, 15) is 0 Å². The molecule has 4 heterocycles. The molecule has 0 saturated carbocycles. The number of nitrogens with zero attached hydrogens (tertiary/aromatic N) is 5. The van der Waals surface area contributed by atoms with E-state index >= 15 is 0 Å². The smallest absolute Gasteiger partial charge is 0.154 e. The largest absolute Gasteiger partial charge is 0.355 e. The van der Waals surface area contributed by atoms with Gasteiger partial charge >= 0.3 is 0 Å². The number of rotatable bonds is 2. The Bertz CT molecular complexity index is 1320. The third kappa shape index (κ3) is 2.86. The molecule has 1 saturated heterocycles. The summed E-state index contributed by atoms with van der Waals surface area (Å²) in [7, 11) is 0. The van der Waals surface area contributed by atoms with Crippen LogP contribution in [0.2, 0.25) is 5.02 Å². The van der Waals surface area contributed by atoms with E-state index in [-0.39, 0.29) is 11.5 Å². The summed E-state index contributed by atoms with van der Waals surface area (Å²) in [4.78, 5) is 16.1. The molecular weight excluding hydrogens is 420 g/mol. The van der Waals surface area contributed by atoms with Gasteiger partial charge in [0.15, 0.2) is 5.82 Å².